The lowest BCUT2D eigenvalue weighted by Gasteiger charge is -2.36. The highest BCUT2D eigenvalue weighted by Crippen LogP contribution is 2.33. The molecule has 0 radical (unpaired) electrons. The molecule has 3 amide bonds. The fourth-order valence-electron chi connectivity index (χ4n) is 8.64. The molecule has 0 bridgehead atoms. The summed E-state index contributed by atoms with van der Waals surface area (Å²) in [5.74, 6) is -3.95. The van der Waals surface area contributed by atoms with Gasteiger partial charge in [-0.3, -0.25) is 33.7 Å². The minimum Gasteiger partial charge on any atom is -0.491 e. The van der Waals surface area contributed by atoms with E-state index in [2.05, 4.69) is 25.1 Å². The van der Waals surface area contributed by atoms with Gasteiger partial charge in [0, 0.05) is 93.4 Å². The van der Waals surface area contributed by atoms with Crippen molar-refractivity contribution in [2.24, 2.45) is 0 Å². The van der Waals surface area contributed by atoms with Crippen molar-refractivity contribution in [3.05, 3.63) is 107 Å². The van der Waals surface area contributed by atoms with Gasteiger partial charge in [0.2, 0.25) is 11.7 Å². The first-order chi connectivity index (χ1) is 31.3. The number of imide groups is 1. The molecule has 3 fully saturated rings. The minimum atomic E-state index is -4.36. The topological polar surface area (TPSA) is 187 Å². The monoisotopic (exact) mass is 914 g/mol. The van der Waals surface area contributed by atoms with Gasteiger partial charge in [-0.05, 0) is 66.9 Å². The van der Waals surface area contributed by atoms with E-state index in [0.717, 1.165) is 60.4 Å². The van der Waals surface area contributed by atoms with Gasteiger partial charge in [0.25, 0.3) is 11.8 Å². The summed E-state index contributed by atoms with van der Waals surface area (Å²) in [6.45, 7) is 4.86. The van der Waals surface area contributed by atoms with Crippen LogP contribution in [-0.4, -0.2) is 140 Å². The number of pyridine rings is 1. The number of benzene rings is 3. The van der Waals surface area contributed by atoms with Crippen molar-refractivity contribution in [1.29, 1.82) is 0 Å². The van der Waals surface area contributed by atoms with Crippen molar-refractivity contribution in [2.75, 3.05) is 81.8 Å². The summed E-state index contributed by atoms with van der Waals surface area (Å²) in [7, 11) is -4.36. The molecule has 340 valence electrons. The summed E-state index contributed by atoms with van der Waals surface area (Å²) >= 11 is 0. The summed E-state index contributed by atoms with van der Waals surface area (Å²) in [6, 6.07) is 15.7. The van der Waals surface area contributed by atoms with E-state index in [4.69, 9.17) is 9.47 Å². The number of halogens is 3. The molecule has 9 rings (SSSR count). The number of carbonyl (C=O) groups excluding carboxylic acids is 4. The van der Waals surface area contributed by atoms with Crippen LogP contribution in [0.15, 0.2) is 73.1 Å². The van der Waals surface area contributed by atoms with Gasteiger partial charge < -0.3 is 24.7 Å². The number of hydrogen-bond acceptors (Lipinski definition) is 11. The van der Waals surface area contributed by atoms with E-state index in [0.29, 0.717) is 53.1 Å². The third-order valence-corrected chi connectivity index (χ3v) is 13.7. The number of ether oxygens (including phenoxy) is 2. The van der Waals surface area contributed by atoms with E-state index < -0.39 is 51.6 Å². The molecule has 0 saturated carbocycles. The number of fused-ring (bicyclic) bond motifs is 2. The largest absolute Gasteiger partial charge is 0.491 e. The minimum absolute atomic E-state index is 0.00219. The van der Waals surface area contributed by atoms with E-state index in [9.17, 15) is 32.0 Å². The van der Waals surface area contributed by atoms with E-state index in [1.807, 2.05) is 29.0 Å². The number of ketones is 1. The molecular formula is C45H45F3N8O8S. The van der Waals surface area contributed by atoms with Gasteiger partial charge in [0.05, 0.1) is 41.6 Å². The molecule has 4 aliphatic rings. The second-order valence-corrected chi connectivity index (χ2v) is 18.0. The molecule has 20 heteroatoms. The zero-order valence-electron chi connectivity index (χ0n) is 35.0. The fraction of sp³-hybridized carbons (Fsp3) is 0.356. The molecule has 3 N–H and O–H groups in total. The number of aromatic nitrogens is 2. The van der Waals surface area contributed by atoms with E-state index in [1.165, 1.54) is 11.1 Å². The molecule has 3 saturated heterocycles. The van der Waals surface area contributed by atoms with Gasteiger partial charge in [0.1, 0.15) is 30.0 Å². The van der Waals surface area contributed by atoms with Crippen LogP contribution in [0.5, 0.6) is 5.75 Å². The Kier molecular flexibility index (Phi) is 12.3. The molecule has 3 aromatic carbocycles. The number of H-pyrrole nitrogens is 1. The molecule has 0 spiro atoms. The number of hydrogen-bond donors (Lipinski definition) is 3. The lowest BCUT2D eigenvalue weighted by molar-refractivity contribution is -0.123. The zero-order valence-corrected chi connectivity index (χ0v) is 35.8. The molecule has 5 aromatic rings. The van der Waals surface area contributed by atoms with Crippen LogP contribution >= 0.6 is 0 Å². The van der Waals surface area contributed by atoms with Crippen molar-refractivity contribution in [2.45, 2.75) is 31.5 Å². The molecule has 65 heavy (non-hydrogen) atoms. The molecule has 2 aromatic heterocycles. The number of piperazine rings is 1. The summed E-state index contributed by atoms with van der Waals surface area (Å²) in [5, 5.41) is 3.04. The first-order valence-corrected chi connectivity index (χ1v) is 22.8. The smallest absolute Gasteiger partial charge is 0.301 e. The maximum atomic E-state index is 15.7. The van der Waals surface area contributed by atoms with Crippen LogP contribution in [0.25, 0.3) is 22.2 Å². The number of anilines is 2. The lowest BCUT2D eigenvalue weighted by Crippen LogP contribution is -2.50. The number of amides is 3. The number of alkyl halides is 1. The Morgan fingerprint density at radius 2 is 1.66 bits per heavy atom. The Labute approximate surface area is 371 Å². The third-order valence-electron chi connectivity index (χ3n) is 12.2. The van der Waals surface area contributed by atoms with Crippen LogP contribution < -0.4 is 19.7 Å². The molecule has 16 nitrogen and oxygen atoms in total. The first kappa shape index (κ1) is 43.9. The van der Waals surface area contributed by atoms with Crippen molar-refractivity contribution in [1.82, 2.24) is 29.4 Å². The van der Waals surface area contributed by atoms with Crippen LogP contribution in [0.2, 0.25) is 0 Å². The Hall–Kier alpha value is -6.35. The quantitative estimate of drug-likeness (QED) is 0.0762. The molecular weight excluding hydrogens is 870 g/mol. The van der Waals surface area contributed by atoms with Gasteiger partial charge in [-0.25, -0.2) is 18.2 Å². The van der Waals surface area contributed by atoms with E-state index >= 15 is 8.78 Å². The van der Waals surface area contributed by atoms with Crippen LogP contribution in [0.3, 0.4) is 0 Å². The Morgan fingerprint density at radius 1 is 0.877 bits per heavy atom. The van der Waals surface area contributed by atoms with Crippen LogP contribution in [0, 0.1) is 11.6 Å². The molecule has 4 aliphatic heterocycles. The Morgan fingerprint density at radius 3 is 2.40 bits per heavy atom. The van der Waals surface area contributed by atoms with Crippen LogP contribution in [0.1, 0.15) is 55.9 Å². The van der Waals surface area contributed by atoms with Gasteiger partial charge in [-0.15, -0.1) is 0 Å². The number of aromatic amines is 1. The second kappa shape index (κ2) is 18.3. The first-order valence-electron chi connectivity index (χ1n) is 21.3. The van der Waals surface area contributed by atoms with E-state index in [-0.39, 0.29) is 61.9 Å². The maximum Gasteiger partial charge on any atom is 0.301 e. The third kappa shape index (κ3) is 9.03. The average molecular weight is 915 g/mol. The van der Waals surface area contributed by atoms with Crippen molar-refractivity contribution >= 4 is 56.1 Å². The van der Waals surface area contributed by atoms with Crippen molar-refractivity contribution in [3.63, 3.8) is 0 Å². The van der Waals surface area contributed by atoms with Gasteiger partial charge >= 0.3 is 10.2 Å². The number of carbonyl (C=O) groups is 4. The lowest BCUT2D eigenvalue weighted by atomic mass is 9.99. The fourth-order valence-corrected chi connectivity index (χ4v) is 9.91. The molecule has 2 atom stereocenters. The molecule has 6 heterocycles. The predicted octanol–water partition coefficient (Wildman–Crippen LogP) is 4.53. The summed E-state index contributed by atoms with van der Waals surface area (Å²) in [4.78, 5) is 64.4. The summed E-state index contributed by atoms with van der Waals surface area (Å²) in [6.07, 6.45) is 2.28. The maximum absolute atomic E-state index is 15.7. The molecule has 1 unspecified atom stereocenters. The van der Waals surface area contributed by atoms with Gasteiger partial charge in [0.15, 0.2) is 5.82 Å². The highest BCUT2D eigenvalue weighted by molar-refractivity contribution is 7.90. The predicted molar refractivity (Wildman–Crippen MR) is 233 cm³/mol. The Bertz CT molecular complexity index is 2770. The van der Waals surface area contributed by atoms with Crippen molar-refractivity contribution in [3.8, 4) is 16.9 Å². The average Bonchev–Trinajstić information content (AvgIpc) is 4.02. The van der Waals surface area contributed by atoms with Gasteiger partial charge in [-0.2, -0.15) is 12.7 Å². The normalized spacial score (nSPS) is 19.5. The number of rotatable bonds is 15. The SMILES string of the molecule is O=C1CCC(N2C(=O)c3ccc(OCCOCCN4CCN(c5ccc(-c6cnc7[nH]cc(C(=O)c8c(F)ccc(NS(=O)(=O)N9CC[C@@H](F)C9)c8F)c7c6)cc5)CC4)cc3C2=O)CN1. The second-order valence-electron chi connectivity index (χ2n) is 16.3. The standard InChI is InChI=1S/C45H45F3N8O8S/c46-29-11-12-55(26-29)65(61,62)52-38-9-8-37(47)40(41(38)48)42(58)36-25-51-43-34(36)21-28(23-50-43)27-1-3-30(4-2-27)54-15-13-53(14-16-54)17-18-63-19-20-64-32-6-7-33-35(22-32)45(60)56(44(33)59)31-5-10-39(57)49-24-31/h1-4,6-9,21-23,25,29,31,52H,5,10-20,24,26H2,(H,49,57)(H,50,51)/t29-,31?/m1/s1. The van der Waals surface area contributed by atoms with Crippen molar-refractivity contribution < 1.29 is 50.2 Å². The van der Waals surface area contributed by atoms with Gasteiger partial charge in [-0.1, -0.05) is 12.1 Å². The van der Waals surface area contributed by atoms with E-state index in [1.54, 1.807) is 30.5 Å². The number of nitrogens with one attached hydrogen (secondary N) is 3. The number of nitrogens with zero attached hydrogens (tertiary/aromatic N) is 5. The highest BCUT2D eigenvalue weighted by atomic mass is 32.2. The van der Waals surface area contributed by atoms with Crippen LogP contribution in [0.4, 0.5) is 24.5 Å². The number of piperidine rings is 1. The van der Waals surface area contributed by atoms with Crippen LogP contribution in [-0.2, 0) is 19.7 Å². The summed E-state index contributed by atoms with van der Waals surface area (Å²) < 4.78 is 84.6. The molecule has 0 aliphatic carbocycles. The highest BCUT2D eigenvalue weighted by Gasteiger charge is 2.41. The zero-order chi connectivity index (χ0) is 45.4. The Balaban J connectivity index is 0.746. The summed E-state index contributed by atoms with van der Waals surface area (Å²) in [5.41, 5.74) is 1.77.